The second-order valence-corrected chi connectivity index (χ2v) is 7.23. The molecule has 1 aliphatic heterocycles. The highest BCUT2D eigenvalue weighted by Gasteiger charge is 2.17. The molecule has 0 saturated heterocycles. The number of hydrogen-bond acceptors (Lipinski definition) is 4. The fraction of sp³-hybridized carbons (Fsp3) is 0.263. The number of anilines is 1. The van der Waals surface area contributed by atoms with E-state index in [1.165, 1.54) is 0 Å². The van der Waals surface area contributed by atoms with Gasteiger partial charge in [-0.1, -0.05) is 18.2 Å². The average Bonchev–Trinajstić information content (AvgIpc) is 3.06. The smallest absolute Gasteiger partial charge is 0.224 e. The number of halogens is 1. The third-order valence-electron chi connectivity index (χ3n) is 4.39. The molecule has 0 aliphatic carbocycles. The van der Waals surface area contributed by atoms with E-state index in [-0.39, 0.29) is 23.8 Å². The van der Waals surface area contributed by atoms with Crippen molar-refractivity contribution in [2.24, 2.45) is 0 Å². The van der Waals surface area contributed by atoms with Gasteiger partial charge in [0.1, 0.15) is 5.82 Å². The Hall–Kier alpha value is -2.31. The number of hydrogen-bond donors (Lipinski definition) is 2. The fourth-order valence-electron chi connectivity index (χ4n) is 3.09. The third kappa shape index (κ3) is 3.41. The Bertz CT molecular complexity index is 905. The Morgan fingerprint density at radius 2 is 2.16 bits per heavy atom. The summed E-state index contributed by atoms with van der Waals surface area (Å²) in [6.45, 7) is 1.44. The van der Waals surface area contributed by atoms with Crippen LogP contribution in [0.2, 0.25) is 0 Å². The van der Waals surface area contributed by atoms with Crippen molar-refractivity contribution in [1.29, 1.82) is 0 Å². The number of aryl methyl sites for hydroxylation is 1. The summed E-state index contributed by atoms with van der Waals surface area (Å²) >= 11 is 1.60. The molecule has 4 rings (SSSR count). The van der Waals surface area contributed by atoms with E-state index >= 15 is 0 Å². The topological polar surface area (TPSA) is 54.0 Å². The predicted octanol–water partition coefficient (Wildman–Crippen LogP) is 3.65. The molecule has 6 heteroatoms. The van der Waals surface area contributed by atoms with E-state index < -0.39 is 0 Å². The van der Waals surface area contributed by atoms with Gasteiger partial charge in [0.15, 0.2) is 0 Å². The minimum Gasteiger partial charge on any atom is -0.324 e. The van der Waals surface area contributed by atoms with Crippen molar-refractivity contribution in [3.05, 3.63) is 58.3 Å². The lowest BCUT2D eigenvalue weighted by Gasteiger charge is -2.19. The van der Waals surface area contributed by atoms with Gasteiger partial charge >= 0.3 is 0 Å². The molecule has 3 aromatic rings. The fourth-order valence-corrected chi connectivity index (χ4v) is 4.06. The van der Waals surface area contributed by atoms with Gasteiger partial charge < -0.3 is 10.6 Å². The number of nitrogens with zero attached hydrogens (tertiary/aromatic N) is 1. The predicted molar refractivity (Wildman–Crippen MR) is 98.4 cm³/mol. The van der Waals surface area contributed by atoms with E-state index in [4.69, 9.17) is 0 Å². The summed E-state index contributed by atoms with van der Waals surface area (Å²) in [5.74, 6) is -0.487. The summed E-state index contributed by atoms with van der Waals surface area (Å²) < 4.78 is 15.7. The van der Waals surface area contributed by atoms with Gasteiger partial charge in [-0.25, -0.2) is 9.37 Å². The molecule has 0 spiro atoms. The van der Waals surface area contributed by atoms with E-state index in [0.717, 1.165) is 27.3 Å². The normalized spacial score (nSPS) is 13.6. The summed E-state index contributed by atoms with van der Waals surface area (Å²) in [6, 6.07) is 11.4. The van der Waals surface area contributed by atoms with Gasteiger partial charge in [0.2, 0.25) is 5.91 Å². The SMILES string of the molecule is O=C(CCc1nc2ccccc2s1)Nc1ccc2c(c1F)CCNC2. The number of rotatable bonds is 4. The van der Waals surface area contributed by atoms with Gasteiger partial charge in [-0.15, -0.1) is 11.3 Å². The molecule has 0 atom stereocenters. The van der Waals surface area contributed by atoms with E-state index in [9.17, 15) is 9.18 Å². The Morgan fingerprint density at radius 1 is 1.28 bits per heavy atom. The number of para-hydroxylation sites is 1. The highest BCUT2D eigenvalue weighted by atomic mass is 32.1. The molecule has 25 heavy (non-hydrogen) atoms. The van der Waals surface area contributed by atoms with Crippen LogP contribution in [0.25, 0.3) is 10.2 Å². The number of amides is 1. The molecule has 4 nitrogen and oxygen atoms in total. The van der Waals surface area contributed by atoms with Crippen LogP contribution in [-0.4, -0.2) is 17.4 Å². The van der Waals surface area contributed by atoms with Crippen molar-refractivity contribution < 1.29 is 9.18 Å². The molecule has 1 amide bonds. The van der Waals surface area contributed by atoms with Gasteiger partial charge in [0.05, 0.1) is 20.9 Å². The van der Waals surface area contributed by atoms with Crippen molar-refractivity contribution >= 4 is 33.1 Å². The van der Waals surface area contributed by atoms with Crippen LogP contribution < -0.4 is 10.6 Å². The molecule has 0 unspecified atom stereocenters. The molecule has 2 aromatic carbocycles. The van der Waals surface area contributed by atoms with Gasteiger partial charge in [-0.05, 0) is 42.3 Å². The molecule has 1 aliphatic rings. The molecular formula is C19H18FN3OS. The Kier molecular flexibility index (Phi) is 4.46. The minimum atomic E-state index is -0.299. The van der Waals surface area contributed by atoms with E-state index in [1.807, 2.05) is 30.3 Å². The van der Waals surface area contributed by atoms with Crippen molar-refractivity contribution in [1.82, 2.24) is 10.3 Å². The molecule has 0 saturated carbocycles. The molecule has 0 radical (unpaired) electrons. The van der Waals surface area contributed by atoms with Crippen molar-refractivity contribution in [2.75, 3.05) is 11.9 Å². The highest BCUT2D eigenvalue weighted by molar-refractivity contribution is 7.18. The van der Waals surface area contributed by atoms with Crippen LogP contribution in [0.1, 0.15) is 22.6 Å². The first kappa shape index (κ1) is 16.2. The summed E-state index contributed by atoms with van der Waals surface area (Å²) in [5, 5.41) is 6.85. The Labute approximate surface area is 149 Å². The number of carbonyl (C=O) groups excluding carboxylic acids is 1. The number of benzene rings is 2. The van der Waals surface area contributed by atoms with E-state index in [1.54, 1.807) is 17.4 Å². The highest BCUT2D eigenvalue weighted by Crippen LogP contribution is 2.25. The Balaban J connectivity index is 1.42. The maximum Gasteiger partial charge on any atom is 0.224 e. The van der Waals surface area contributed by atoms with Crippen LogP contribution in [0.3, 0.4) is 0 Å². The van der Waals surface area contributed by atoms with E-state index in [2.05, 4.69) is 15.6 Å². The number of aromatic nitrogens is 1. The number of thiazole rings is 1. The summed E-state index contributed by atoms with van der Waals surface area (Å²) in [6.07, 6.45) is 1.50. The molecule has 0 fully saturated rings. The maximum atomic E-state index is 14.6. The zero-order valence-electron chi connectivity index (χ0n) is 13.6. The van der Waals surface area contributed by atoms with Crippen LogP contribution in [0.15, 0.2) is 36.4 Å². The first-order valence-electron chi connectivity index (χ1n) is 8.36. The minimum absolute atomic E-state index is 0.188. The second kappa shape index (κ2) is 6.90. The number of nitrogens with one attached hydrogen (secondary N) is 2. The largest absolute Gasteiger partial charge is 0.324 e. The lowest BCUT2D eigenvalue weighted by molar-refractivity contribution is -0.116. The number of fused-ring (bicyclic) bond motifs is 2. The van der Waals surface area contributed by atoms with E-state index in [0.29, 0.717) is 24.9 Å². The molecular weight excluding hydrogens is 337 g/mol. The van der Waals surface area contributed by atoms with Crippen LogP contribution in [-0.2, 0) is 24.2 Å². The quantitative estimate of drug-likeness (QED) is 0.751. The van der Waals surface area contributed by atoms with Gasteiger partial charge in [-0.3, -0.25) is 4.79 Å². The van der Waals surface area contributed by atoms with Crippen LogP contribution >= 0.6 is 11.3 Å². The molecule has 0 bridgehead atoms. The van der Waals surface area contributed by atoms with Crippen LogP contribution in [0.5, 0.6) is 0 Å². The van der Waals surface area contributed by atoms with Gasteiger partial charge in [0, 0.05) is 19.4 Å². The average molecular weight is 355 g/mol. The first-order valence-corrected chi connectivity index (χ1v) is 9.17. The Morgan fingerprint density at radius 3 is 3.04 bits per heavy atom. The summed E-state index contributed by atoms with van der Waals surface area (Å²) in [5.41, 5.74) is 2.91. The van der Waals surface area contributed by atoms with Crippen molar-refractivity contribution in [3.8, 4) is 0 Å². The second-order valence-electron chi connectivity index (χ2n) is 6.12. The molecule has 1 aromatic heterocycles. The van der Waals surface area contributed by atoms with Gasteiger partial charge in [0.25, 0.3) is 0 Å². The molecule has 128 valence electrons. The lowest BCUT2D eigenvalue weighted by atomic mass is 9.99. The standard InChI is InChI=1S/C19H18FN3OS/c20-19-13-9-10-21-11-12(13)5-6-15(19)22-17(24)7-8-18-23-14-3-1-2-4-16(14)25-18/h1-6,21H,7-11H2,(H,22,24). The van der Waals surface area contributed by atoms with Crippen molar-refractivity contribution in [3.63, 3.8) is 0 Å². The summed E-state index contributed by atoms with van der Waals surface area (Å²) in [7, 11) is 0. The van der Waals surface area contributed by atoms with Crippen LogP contribution in [0, 0.1) is 5.82 Å². The number of carbonyl (C=O) groups is 1. The monoisotopic (exact) mass is 355 g/mol. The lowest BCUT2D eigenvalue weighted by Crippen LogP contribution is -2.25. The molecule has 2 heterocycles. The summed E-state index contributed by atoms with van der Waals surface area (Å²) in [4.78, 5) is 16.7. The third-order valence-corrected chi connectivity index (χ3v) is 5.48. The molecule has 2 N–H and O–H groups in total. The van der Waals surface area contributed by atoms with Crippen LogP contribution in [0.4, 0.5) is 10.1 Å². The van der Waals surface area contributed by atoms with Crippen molar-refractivity contribution in [2.45, 2.75) is 25.8 Å². The maximum absolute atomic E-state index is 14.6. The van der Waals surface area contributed by atoms with Gasteiger partial charge in [-0.2, -0.15) is 0 Å². The first-order chi connectivity index (χ1) is 12.2. The zero-order chi connectivity index (χ0) is 17.2. The zero-order valence-corrected chi connectivity index (χ0v) is 14.5.